The second-order valence-corrected chi connectivity index (χ2v) is 6.16. The van der Waals surface area contributed by atoms with E-state index >= 15 is 0 Å². The Labute approximate surface area is 119 Å². The van der Waals surface area contributed by atoms with E-state index in [4.69, 9.17) is 11.6 Å². The molecule has 1 aromatic rings. The van der Waals surface area contributed by atoms with Crippen LogP contribution in [0.15, 0.2) is 18.2 Å². The van der Waals surface area contributed by atoms with Crippen molar-refractivity contribution in [2.75, 3.05) is 20.1 Å². The number of hydrogen-bond donors (Lipinski definition) is 1. The SMILES string of the molecule is Cc1cccc(Cl)c1C(=O)NC1(C)CCN(C)CC1. The Balaban J connectivity index is 2.13. The van der Waals surface area contributed by atoms with Crippen molar-refractivity contribution in [1.82, 2.24) is 10.2 Å². The number of likely N-dealkylation sites (tertiary alicyclic amines) is 1. The number of halogens is 1. The molecule has 0 radical (unpaired) electrons. The molecular formula is C15H21ClN2O. The maximum absolute atomic E-state index is 12.4. The van der Waals surface area contributed by atoms with E-state index < -0.39 is 0 Å². The van der Waals surface area contributed by atoms with Crippen molar-refractivity contribution in [2.45, 2.75) is 32.2 Å². The van der Waals surface area contributed by atoms with Gasteiger partial charge in [0.05, 0.1) is 10.6 Å². The minimum atomic E-state index is -0.130. The lowest BCUT2D eigenvalue weighted by atomic mass is 9.89. The average Bonchev–Trinajstić information content (AvgIpc) is 2.33. The molecule has 1 aliphatic heterocycles. The largest absolute Gasteiger partial charge is 0.347 e. The van der Waals surface area contributed by atoms with Gasteiger partial charge >= 0.3 is 0 Å². The van der Waals surface area contributed by atoms with Crippen LogP contribution in [0.25, 0.3) is 0 Å². The molecule has 19 heavy (non-hydrogen) atoms. The van der Waals surface area contributed by atoms with E-state index in [-0.39, 0.29) is 11.4 Å². The van der Waals surface area contributed by atoms with E-state index in [2.05, 4.69) is 24.2 Å². The molecule has 0 unspecified atom stereocenters. The number of rotatable bonds is 2. The third kappa shape index (κ3) is 3.28. The van der Waals surface area contributed by atoms with Crippen LogP contribution in [0.4, 0.5) is 0 Å². The number of carbonyl (C=O) groups excluding carboxylic acids is 1. The zero-order valence-electron chi connectivity index (χ0n) is 11.8. The number of carbonyl (C=O) groups is 1. The molecule has 4 heteroatoms. The number of benzene rings is 1. The van der Waals surface area contributed by atoms with E-state index in [1.807, 2.05) is 19.1 Å². The molecule has 0 spiro atoms. The summed E-state index contributed by atoms with van der Waals surface area (Å²) in [6.07, 6.45) is 1.94. The topological polar surface area (TPSA) is 32.3 Å². The fraction of sp³-hybridized carbons (Fsp3) is 0.533. The van der Waals surface area contributed by atoms with Gasteiger partial charge in [-0.25, -0.2) is 0 Å². The Morgan fingerprint density at radius 2 is 2.00 bits per heavy atom. The van der Waals surface area contributed by atoms with E-state index in [1.165, 1.54) is 0 Å². The van der Waals surface area contributed by atoms with Gasteiger partial charge in [-0.05, 0) is 45.4 Å². The molecule has 0 bridgehead atoms. The molecule has 0 aliphatic carbocycles. The van der Waals surface area contributed by atoms with E-state index in [9.17, 15) is 4.79 Å². The van der Waals surface area contributed by atoms with Gasteiger partial charge in [-0.15, -0.1) is 0 Å². The second-order valence-electron chi connectivity index (χ2n) is 5.75. The van der Waals surface area contributed by atoms with Crippen LogP contribution in [0.3, 0.4) is 0 Å². The average molecular weight is 281 g/mol. The van der Waals surface area contributed by atoms with Gasteiger partial charge in [-0.3, -0.25) is 4.79 Å². The van der Waals surface area contributed by atoms with Gasteiger partial charge in [-0.1, -0.05) is 23.7 Å². The molecule has 0 atom stereocenters. The second kappa shape index (κ2) is 5.51. The Hall–Kier alpha value is -1.06. The van der Waals surface area contributed by atoms with Gasteiger partial charge in [-0.2, -0.15) is 0 Å². The van der Waals surface area contributed by atoms with Crippen LogP contribution in [0.1, 0.15) is 35.7 Å². The van der Waals surface area contributed by atoms with E-state index in [0.717, 1.165) is 31.5 Å². The summed E-state index contributed by atoms with van der Waals surface area (Å²) in [5.74, 6) is -0.0600. The highest BCUT2D eigenvalue weighted by molar-refractivity contribution is 6.34. The van der Waals surface area contributed by atoms with Crippen LogP contribution in [0.2, 0.25) is 5.02 Å². The van der Waals surface area contributed by atoms with Gasteiger partial charge in [0, 0.05) is 18.6 Å². The smallest absolute Gasteiger partial charge is 0.253 e. The number of nitrogens with zero attached hydrogens (tertiary/aromatic N) is 1. The fourth-order valence-corrected chi connectivity index (χ4v) is 2.80. The molecule has 0 aromatic heterocycles. The normalized spacial score (nSPS) is 19.2. The first-order chi connectivity index (χ1) is 8.91. The van der Waals surface area contributed by atoms with Crippen LogP contribution < -0.4 is 5.32 Å². The van der Waals surface area contributed by atoms with Crippen LogP contribution >= 0.6 is 11.6 Å². The zero-order chi connectivity index (χ0) is 14.0. The van der Waals surface area contributed by atoms with Gasteiger partial charge in [0.15, 0.2) is 0 Å². The van der Waals surface area contributed by atoms with E-state index in [1.54, 1.807) is 6.07 Å². The molecule has 1 aromatic carbocycles. The first kappa shape index (κ1) is 14.4. The minimum absolute atomic E-state index is 0.0600. The summed E-state index contributed by atoms with van der Waals surface area (Å²) in [6, 6.07) is 5.55. The quantitative estimate of drug-likeness (QED) is 0.903. The number of amides is 1. The predicted octanol–water partition coefficient (Wildman–Crippen LogP) is 2.86. The standard InChI is InChI=1S/C15H21ClN2O/c1-11-5-4-6-12(16)13(11)14(19)17-15(2)7-9-18(3)10-8-15/h4-6H,7-10H2,1-3H3,(H,17,19). The number of hydrogen-bond acceptors (Lipinski definition) is 2. The maximum atomic E-state index is 12.4. The number of piperidine rings is 1. The summed E-state index contributed by atoms with van der Waals surface area (Å²) in [4.78, 5) is 14.7. The van der Waals surface area contributed by atoms with Crippen molar-refractivity contribution in [1.29, 1.82) is 0 Å². The molecule has 1 N–H and O–H groups in total. The van der Waals surface area contributed by atoms with Gasteiger partial charge in [0.25, 0.3) is 5.91 Å². The molecule has 3 nitrogen and oxygen atoms in total. The molecule has 1 heterocycles. The summed E-state index contributed by atoms with van der Waals surface area (Å²) >= 11 is 6.14. The van der Waals surface area contributed by atoms with Gasteiger partial charge < -0.3 is 10.2 Å². The van der Waals surface area contributed by atoms with Crippen LogP contribution in [-0.2, 0) is 0 Å². The Bertz CT molecular complexity index is 459. The molecule has 104 valence electrons. The predicted molar refractivity (Wildman–Crippen MR) is 78.8 cm³/mol. The van der Waals surface area contributed by atoms with Crippen LogP contribution in [0, 0.1) is 6.92 Å². The maximum Gasteiger partial charge on any atom is 0.253 e. The van der Waals surface area contributed by atoms with Crippen molar-refractivity contribution in [3.05, 3.63) is 34.3 Å². The van der Waals surface area contributed by atoms with Crippen molar-refractivity contribution in [3.8, 4) is 0 Å². The Morgan fingerprint density at radius 3 is 2.58 bits per heavy atom. The molecule has 1 amide bonds. The van der Waals surface area contributed by atoms with Gasteiger partial charge in [0.2, 0.25) is 0 Å². The summed E-state index contributed by atoms with van der Waals surface area (Å²) in [6.45, 7) is 6.05. The fourth-order valence-electron chi connectivity index (χ4n) is 2.49. The van der Waals surface area contributed by atoms with Crippen LogP contribution in [0.5, 0.6) is 0 Å². The Kier molecular flexibility index (Phi) is 4.16. The summed E-state index contributed by atoms with van der Waals surface area (Å²) < 4.78 is 0. The lowest BCUT2D eigenvalue weighted by molar-refractivity contribution is 0.0851. The summed E-state index contributed by atoms with van der Waals surface area (Å²) in [5, 5.41) is 3.69. The van der Waals surface area contributed by atoms with Gasteiger partial charge in [0.1, 0.15) is 0 Å². The highest BCUT2D eigenvalue weighted by atomic mass is 35.5. The molecular weight excluding hydrogens is 260 g/mol. The number of aryl methyl sites for hydroxylation is 1. The first-order valence-corrected chi connectivity index (χ1v) is 7.05. The molecule has 1 fully saturated rings. The summed E-state index contributed by atoms with van der Waals surface area (Å²) in [5.41, 5.74) is 1.39. The highest BCUT2D eigenvalue weighted by Gasteiger charge is 2.31. The van der Waals surface area contributed by atoms with Crippen molar-refractivity contribution < 1.29 is 4.79 Å². The zero-order valence-corrected chi connectivity index (χ0v) is 12.5. The highest BCUT2D eigenvalue weighted by Crippen LogP contribution is 2.24. The molecule has 0 saturated carbocycles. The van der Waals surface area contributed by atoms with E-state index in [0.29, 0.717) is 10.6 Å². The lowest BCUT2D eigenvalue weighted by Gasteiger charge is -2.38. The lowest BCUT2D eigenvalue weighted by Crippen LogP contribution is -2.52. The first-order valence-electron chi connectivity index (χ1n) is 6.67. The summed E-state index contributed by atoms with van der Waals surface area (Å²) in [7, 11) is 2.11. The monoisotopic (exact) mass is 280 g/mol. The minimum Gasteiger partial charge on any atom is -0.347 e. The van der Waals surface area contributed by atoms with Crippen molar-refractivity contribution >= 4 is 17.5 Å². The molecule has 1 aliphatic rings. The van der Waals surface area contributed by atoms with Crippen LogP contribution in [-0.4, -0.2) is 36.5 Å². The van der Waals surface area contributed by atoms with Crippen molar-refractivity contribution in [2.24, 2.45) is 0 Å². The Morgan fingerprint density at radius 1 is 1.37 bits per heavy atom. The number of nitrogens with one attached hydrogen (secondary N) is 1. The molecule has 1 saturated heterocycles. The third-order valence-corrected chi connectivity index (χ3v) is 4.27. The van der Waals surface area contributed by atoms with Crippen molar-refractivity contribution in [3.63, 3.8) is 0 Å². The molecule has 2 rings (SSSR count). The third-order valence-electron chi connectivity index (χ3n) is 3.95.